The molecule has 5 nitrogen and oxygen atoms in total. The van der Waals surface area contributed by atoms with Crippen molar-refractivity contribution in [1.29, 1.82) is 0 Å². The van der Waals surface area contributed by atoms with Crippen LogP contribution in [0.2, 0.25) is 0 Å². The molecule has 0 amide bonds. The topological polar surface area (TPSA) is 109 Å². The normalized spacial score (nSPS) is 6.44. The fourth-order valence-corrected chi connectivity index (χ4v) is 0. The van der Waals surface area contributed by atoms with Gasteiger partial charge in [0.15, 0.2) is 0 Å². The van der Waals surface area contributed by atoms with Gasteiger partial charge in [-0.15, -0.1) is 0 Å². The third-order valence-corrected chi connectivity index (χ3v) is 0. The van der Waals surface area contributed by atoms with Gasteiger partial charge in [0.25, 0.3) is 0 Å². The van der Waals surface area contributed by atoms with E-state index >= 15 is 0 Å². The van der Waals surface area contributed by atoms with E-state index in [4.69, 9.17) is 17.5 Å². The maximum Gasteiger partial charge on any atom is 2.00 e. The van der Waals surface area contributed by atoms with Crippen LogP contribution in [0.15, 0.2) is 0 Å². The summed E-state index contributed by atoms with van der Waals surface area (Å²) in [5.41, 5.74) is 0. The van der Waals surface area contributed by atoms with Crippen LogP contribution in [-0.4, -0.2) is 17.5 Å². The Labute approximate surface area is 91.1 Å². The molecule has 40 valence electrons. The van der Waals surface area contributed by atoms with Crippen LogP contribution in [0.4, 0.5) is 0 Å². The molecular formula is O5SZn3+2. The molecule has 0 atom stereocenters. The van der Waals surface area contributed by atoms with Crippen LogP contribution in [0.5, 0.6) is 0 Å². The molecule has 0 spiro atoms. The van der Waals surface area contributed by atoms with Gasteiger partial charge in [-0.1, -0.05) is 0 Å². The fourth-order valence-electron chi connectivity index (χ4n) is 0. The summed E-state index contributed by atoms with van der Waals surface area (Å²) in [5.74, 6) is 0. The standard InChI is InChI=1S/H2O4S.O.3Zn/c1-5(2,3)4;;;;/h(H2,1,2,3,4);;;;/q;-2;3*+2/p-2. The van der Waals surface area contributed by atoms with Gasteiger partial charge in [-0.05, 0) is 0 Å². The van der Waals surface area contributed by atoms with E-state index < -0.39 is 10.4 Å². The molecule has 0 radical (unpaired) electrons. The molecule has 0 aliphatic heterocycles. The van der Waals surface area contributed by atoms with Crippen molar-refractivity contribution in [3.8, 4) is 0 Å². The molecule has 0 saturated carbocycles. The molecule has 9 heteroatoms. The van der Waals surface area contributed by atoms with Gasteiger partial charge >= 0.3 is 58.4 Å². The molecule has 0 aliphatic rings. The Morgan fingerprint density at radius 3 is 0.889 bits per heavy atom. The Morgan fingerprint density at radius 1 is 0.889 bits per heavy atom. The predicted octanol–water partition coefficient (Wildman–Crippen LogP) is -1.46. The first-order valence-corrected chi connectivity index (χ1v) is 2.00. The van der Waals surface area contributed by atoms with Crippen LogP contribution in [0, 0.1) is 0 Å². The second kappa shape index (κ2) is 12.4. The summed E-state index contributed by atoms with van der Waals surface area (Å²) in [5, 5.41) is 0. The zero-order chi connectivity index (χ0) is 4.50. The van der Waals surface area contributed by atoms with Crippen LogP contribution in [-0.2, 0) is 74.3 Å². The molecule has 0 saturated heterocycles. The van der Waals surface area contributed by atoms with E-state index in [-0.39, 0.29) is 63.9 Å². The van der Waals surface area contributed by atoms with Gasteiger partial charge in [-0.2, -0.15) is 0 Å². The van der Waals surface area contributed by atoms with Crippen molar-refractivity contribution in [1.82, 2.24) is 0 Å². The summed E-state index contributed by atoms with van der Waals surface area (Å²) >= 11 is 0. The maximum absolute atomic E-state index is 8.52. The molecular weight excluding hydrogens is 308 g/mol. The minimum Gasteiger partial charge on any atom is -2.00 e. The zero-order valence-corrected chi connectivity index (χ0v) is 14.3. The van der Waals surface area contributed by atoms with Gasteiger partial charge in [0.05, 0.1) is 0 Å². The van der Waals surface area contributed by atoms with Crippen LogP contribution in [0.25, 0.3) is 0 Å². The summed E-state index contributed by atoms with van der Waals surface area (Å²) in [4.78, 5) is 0. The summed E-state index contributed by atoms with van der Waals surface area (Å²) in [7, 11) is -5.17. The van der Waals surface area contributed by atoms with E-state index in [1.807, 2.05) is 0 Å². The molecule has 0 bridgehead atoms. The molecule has 0 unspecified atom stereocenters. The average Bonchev–Trinajstić information content (AvgIpc) is 0.722. The van der Waals surface area contributed by atoms with Crippen LogP contribution >= 0.6 is 0 Å². The fraction of sp³-hybridized carbons (Fsp3) is 0. The molecule has 0 fully saturated rings. The van der Waals surface area contributed by atoms with Crippen molar-refractivity contribution in [2.75, 3.05) is 0 Å². The molecule has 0 aliphatic carbocycles. The van der Waals surface area contributed by atoms with Gasteiger partial charge in [0.1, 0.15) is 0 Å². The number of rotatable bonds is 0. The third kappa shape index (κ3) is 199. The third-order valence-electron chi connectivity index (χ3n) is 0. The molecule has 0 heterocycles. The first kappa shape index (κ1) is 31.0. The van der Waals surface area contributed by atoms with E-state index in [0.717, 1.165) is 0 Å². The van der Waals surface area contributed by atoms with Crippen LogP contribution < -0.4 is 0 Å². The Hall–Kier alpha value is 1.70. The van der Waals surface area contributed by atoms with Gasteiger partial charge < -0.3 is 14.6 Å². The van der Waals surface area contributed by atoms with Crippen molar-refractivity contribution >= 4 is 10.4 Å². The molecule has 0 rings (SSSR count). The molecule has 0 aromatic rings. The molecule has 0 aromatic carbocycles. The minimum absolute atomic E-state index is 0. The van der Waals surface area contributed by atoms with E-state index in [1.54, 1.807) is 0 Å². The molecule has 9 heavy (non-hydrogen) atoms. The van der Waals surface area contributed by atoms with Gasteiger partial charge in [-0.25, -0.2) is 0 Å². The van der Waals surface area contributed by atoms with Crippen molar-refractivity contribution in [2.45, 2.75) is 0 Å². The van der Waals surface area contributed by atoms with Gasteiger partial charge in [0, 0.05) is 10.4 Å². The van der Waals surface area contributed by atoms with E-state index in [9.17, 15) is 0 Å². The zero-order valence-electron chi connectivity index (χ0n) is 4.57. The Morgan fingerprint density at radius 2 is 0.889 bits per heavy atom. The van der Waals surface area contributed by atoms with Gasteiger partial charge in [0.2, 0.25) is 0 Å². The SMILES string of the molecule is O=S(=O)([O-])[O-].[O-2].[Zn+2].[Zn+2].[Zn+2]. The Balaban J connectivity index is -0.0000000133. The van der Waals surface area contributed by atoms with Gasteiger partial charge in [-0.3, -0.25) is 8.42 Å². The van der Waals surface area contributed by atoms with Crippen molar-refractivity contribution < 1.29 is 81.4 Å². The summed E-state index contributed by atoms with van der Waals surface area (Å²) in [6.07, 6.45) is 0. The minimum atomic E-state index is -5.17. The number of hydrogen-bond acceptors (Lipinski definition) is 4. The Kier molecular flexibility index (Phi) is 42.6. The largest absolute Gasteiger partial charge is 2.00 e. The monoisotopic (exact) mass is 304 g/mol. The smallest absolute Gasteiger partial charge is 2.00 e. The number of hydrogen-bond donors (Lipinski definition) is 0. The second-order valence-corrected chi connectivity index (χ2v) is 1.22. The van der Waals surface area contributed by atoms with E-state index in [2.05, 4.69) is 0 Å². The first-order chi connectivity index (χ1) is 2.00. The molecule has 0 N–H and O–H groups in total. The van der Waals surface area contributed by atoms with Crippen LogP contribution in [0.3, 0.4) is 0 Å². The van der Waals surface area contributed by atoms with Crippen molar-refractivity contribution in [3.63, 3.8) is 0 Å². The quantitative estimate of drug-likeness (QED) is 0.309. The second-order valence-electron chi connectivity index (χ2n) is 0.408. The predicted molar refractivity (Wildman–Crippen MR) is 11.2 cm³/mol. The first-order valence-electron chi connectivity index (χ1n) is 0.667. The molecule has 0 aromatic heterocycles. The summed E-state index contributed by atoms with van der Waals surface area (Å²) < 4.78 is 34.1. The summed E-state index contributed by atoms with van der Waals surface area (Å²) in [6.45, 7) is 0. The maximum atomic E-state index is 8.52. The van der Waals surface area contributed by atoms with E-state index in [1.165, 1.54) is 0 Å². The Bertz CT molecular complexity index is 95.4. The summed E-state index contributed by atoms with van der Waals surface area (Å²) in [6, 6.07) is 0. The average molecular weight is 308 g/mol. The van der Waals surface area contributed by atoms with E-state index in [0.29, 0.717) is 0 Å². The van der Waals surface area contributed by atoms with Crippen LogP contribution in [0.1, 0.15) is 0 Å². The van der Waals surface area contributed by atoms with Crippen molar-refractivity contribution in [2.24, 2.45) is 0 Å². The van der Waals surface area contributed by atoms with Crippen molar-refractivity contribution in [3.05, 3.63) is 0 Å².